The molecule has 27 heavy (non-hydrogen) atoms. The van der Waals surface area contributed by atoms with Crippen LogP contribution in [0.3, 0.4) is 0 Å². The van der Waals surface area contributed by atoms with Crippen LogP contribution in [0.5, 0.6) is 0 Å². The van der Waals surface area contributed by atoms with Crippen LogP contribution >= 0.6 is 0 Å². The first-order chi connectivity index (χ1) is 12.9. The highest BCUT2D eigenvalue weighted by molar-refractivity contribution is 6.04. The molecule has 0 aliphatic carbocycles. The summed E-state index contributed by atoms with van der Waals surface area (Å²) in [6.45, 7) is 3.81. The number of carbonyl (C=O) groups is 2. The summed E-state index contributed by atoms with van der Waals surface area (Å²) in [5, 5.41) is 2.21. The van der Waals surface area contributed by atoms with E-state index < -0.39 is 29.0 Å². The first kappa shape index (κ1) is 18.7. The molecule has 3 rings (SSSR count). The van der Waals surface area contributed by atoms with Gasteiger partial charge in [-0.2, -0.15) is 0 Å². The molecule has 0 unspecified atom stereocenters. The maximum Gasteiger partial charge on any atom is 0.257 e. The lowest BCUT2D eigenvalue weighted by Crippen LogP contribution is -2.48. The molecule has 1 aromatic heterocycles. The highest BCUT2D eigenvalue weighted by Crippen LogP contribution is 2.21. The molecule has 0 bridgehead atoms. The summed E-state index contributed by atoms with van der Waals surface area (Å²) in [5.74, 6) is -5.14. The van der Waals surface area contributed by atoms with Crippen molar-refractivity contribution in [1.29, 1.82) is 0 Å². The number of nitrogens with zero attached hydrogens (tertiary/aromatic N) is 3. The topological polar surface area (TPSA) is 65.5 Å². The highest BCUT2D eigenvalue weighted by Gasteiger charge is 2.20. The van der Waals surface area contributed by atoms with E-state index in [1.54, 1.807) is 17.2 Å². The molecule has 9 heteroatoms. The third-order valence-electron chi connectivity index (χ3n) is 4.36. The molecule has 1 fully saturated rings. The van der Waals surface area contributed by atoms with Gasteiger partial charge in [-0.1, -0.05) is 0 Å². The molecule has 1 aliphatic rings. The minimum Gasteiger partial charge on any atom is -0.367 e. The van der Waals surface area contributed by atoms with Crippen molar-refractivity contribution in [2.45, 2.75) is 6.92 Å². The van der Waals surface area contributed by atoms with Gasteiger partial charge in [0.2, 0.25) is 5.91 Å². The molecule has 1 aliphatic heterocycles. The monoisotopic (exact) mass is 378 g/mol. The highest BCUT2D eigenvalue weighted by atomic mass is 19.2. The molecule has 2 aromatic rings. The van der Waals surface area contributed by atoms with E-state index in [0.717, 1.165) is 12.1 Å². The van der Waals surface area contributed by atoms with Gasteiger partial charge in [0.25, 0.3) is 5.91 Å². The number of nitrogens with one attached hydrogen (secondary N) is 1. The number of carbonyl (C=O) groups excluding carboxylic acids is 2. The number of rotatable bonds is 3. The van der Waals surface area contributed by atoms with Crippen molar-refractivity contribution >= 4 is 23.2 Å². The second kappa shape index (κ2) is 7.65. The Morgan fingerprint density at radius 1 is 1.04 bits per heavy atom. The number of hydrogen-bond donors (Lipinski definition) is 1. The lowest BCUT2D eigenvalue weighted by atomic mass is 10.2. The van der Waals surface area contributed by atoms with Gasteiger partial charge in [0.05, 0.1) is 23.1 Å². The van der Waals surface area contributed by atoms with Crippen LogP contribution in [0.25, 0.3) is 0 Å². The van der Waals surface area contributed by atoms with Crippen LogP contribution in [0.2, 0.25) is 0 Å². The van der Waals surface area contributed by atoms with Crippen molar-refractivity contribution in [3.8, 4) is 0 Å². The van der Waals surface area contributed by atoms with Crippen molar-refractivity contribution in [3.63, 3.8) is 0 Å². The van der Waals surface area contributed by atoms with Gasteiger partial charge < -0.3 is 15.1 Å². The van der Waals surface area contributed by atoms with E-state index in [1.165, 1.54) is 13.1 Å². The van der Waals surface area contributed by atoms with Gasteiger partial charge in [-0.3, -0.25) is 14.6 Å². The molecule has 1 aromatic carbocycles. The lowest BCUT2D eigenvalue weighted by molar-refractivity contribution is -0.129. The van der Waals surface area contributed by atoms with E-state index in [0.29, 0.717) is 31.9 Å². The average molecular weight is 378 g/mol. The second-order valence-corrected chi connectivity index (χ2v) is 6.10. The normalized spacial score (nSPS) is 14.2. The Labute approximate surface area is 153 Å². The van der Waals surface area contributed by atoms with Gasteiger partial charge in [-0.05, 0) is 18.2 Å². The molecule has 2 heterocycles. The van der Waals surface area contributed by atoms with E-state index >= 15 is 0 Å². The van der Waals surface area contributed by atoms with Crippen LogP contribution in [0.15, 0.2) is 30.6 Å². The summed E-state index contributed by atoms with van der Waals surface area (Å²) in [5.41, 5.74) is 0.363. The van der Waals surface area contributed by atoms with Gasteiger partial charge >= 0.3 is 0 Å². The fraction of sp³-hybridized carbons (Fsp3) is 0.278. The van der Waals surface area contributed by atoms with Crippen LogP contribution in [0.1, 0.15) is 17.3 Å². The minimum absolute atomic E-state index is 0.00876. The fourth-order valence-electron chi connectivity index (χ4n) is 2.82. The lowest BCUT2D eigenvalue weighted by Gasteiger charge is -2.35. The SMILES string of the molecule is CC(=O)N1CCN(c2cncc(C(=O)Nc3ccc(F)c(F)c3F)c2)CC1. The van der Waals surface area contributed by atoms with E-state index in [1.807, 2.05) is 4.90 Å². The molecule has 1 saturated heterocycles. The molecule has 0 saturated carbocycles. The third kappa shape index (κ3) is 4.02. The maximum atomic E-state index is 13.7. The van der Waals surface area contributed by atoms with E-state index in [2.05, 4.69) is 10.3 Å². The maximum absolute atomic E-state index is 13.7. The number of amides is 2. The number of anilines is 2. The Morgan fingerprint density at radius 3 is 2.41 bits per heavy atom. The summed E-state index contributed by atoms with van der Waals surface area (Å²) in [7, 11) is 0. The van der Waals surface area contributed by atoms with Crippen molar-refractivity contribution < 1.29 is 22.8 Å². The van der Waals surface area contributed by atoms with Crippen molar-refractivity contribution in [2.24, 2.45) is 0 Å². The van der Waals surface area contributed by atoms with Gasteiger partial charge in [0.1, 0.15) is 0 Å². The first-order valence-electron chi connectivity index (χ1n) is 8.27. The number of hydrogen-bond acceptors (Lipinski definition) is 4. The van der Waals surface area contributed by atoms with Gasteiger partial charge in [0, 0.05) is 39.3 Å². The van der Waals surface area contributed by atoms with Crippen LogP contribution < -0.4 is 10.2 Å². The van der Waals surface area contributed by atoms with Crippen molar-refractivity contribution in [1.82, 2.24) is 9.88 Å². The standard InChI is InChI=1S/C18H17F3N4O2/c1-11(26)24-4-6-25(7-5-24)13-8-12(9-22-10-13)18(27)23-15-3-2-14(19)16(20)17(15)21/h2-3,8-10H,4-7H2,1H3,(H,23,27). The Balaban J connectivity index is 1.73. The Kier molecular flexibility index (Phi) is 5.29. The van der Waals surface area contributed by atoms with Gasteiger partial charge in [0.15, 0.2) is 17.5 Å². The Bertz CT molecular complexity index is 883. The molecule has 142 valence electrons. The molecule has 1 N–H and O–H groups in total. The summed E-state index contributed by atoms with van der Waals surface area (Å²) < 4.78 is 40.0. The number of aromatic nitrogens is 1. The van der Waals surface area contributed by atoms with E-state index in [9.17, 15) is 22.8 Å². The molecule has 0 atom stereocenters. The predicted molar refractivity (Wildman–Crippen MR) is 93.0 cm³/mol. The Morgan fingerprint density at radius 2 is 1.74 bits per heavy atom. The summed E-state index contributed by atoms with van der Waals surface area (Å²) in [6, 6.07) is 3.25. The zero-order valence-corrected chi connectivity index (χ0v) is 14.5. The van der Waals surface area contributed by atoms with Crippen LogP contribution in [0.4, 0.5) is 24.5 Å². The average Bonchev–Trinajstić information content (AvgIpc) is 2.68. The molecule has 6 nitrogen and oxygen atoms in total. The van der Waals surface area contributed by atoms with Crippen LogP contribution in [-0.2, 0) is 4.79 Å². The number of piperazine rings is 1. The fourth-order valence-corrected chi connectivity index (χ4v) is 2.82. The number of halogens is 3. The zero-order chi connectivity index (χ0) is 19.6. The Hall–Kier alpha value is -3.10. The zero-order valence-electron chi connectivity index (χ0n) is 14.5. The van der Waals surface area contributed by atoms with Crippen molar-refractivity contribution in [2.75, 3.05) is 36.4 Å². The molecule has 0 radical (unpaired) electrons. The molecular formula is C18H17F3N4O2. The first-order valence-corrected chi connectivity index (χ1v) is 8.27. The third-order valence-corrected chi connectivity index (χ3v) is 4.36. The minimum atomic E-state index is -1.65. The molecule has 0 spiro atoms. The summed E-state index contributed by atoms with van der Waals surface area (Å²) >= 11 is 0. The molecular weight excluding hydrogens is 361 g/mol. The number of pyridine rings is 1. The second-order valence-electron chi connectivity index (χ2n) is 6.10. The van der Waals surface area contributed by atoms with Crippen LogP contribution in [0, 0.1) is 17.5 Å². The van der Waals surface area contributed by atoms with Crippen molar-refractivity contribution in [3.05, 3.63) is 53.6 Å². The van der Waals surface area contributed by atoms with E-state index in [4.69, 9.17) is 0 Å². The van der Waals surface area contributed by atoms with Gasteiger partial charge in [-0.15, -0.1) is 0 Å². The summed E-state index contributed by atoms with van der Waals surface area (Å²) in [6.07, 6.45) is 2.88. The van der Waals surface area contributed by atoms with Gasteiger partial charge in [-0.25, -0.2) is 13.2 Å². The van der Waals surface area contributed by atoms with E-state index in [-0.39, 0.29) is 11.5 Å². The van der Waals surface area contributed by atoms with Crippen LogP contribution in [-0.4, -0.2) is 47.9 Å². The quantitative estimate of drug-likeness (QED) is 0.834. The smallest absolute Gasteiger partial charge is 0.257 e. The largest absolute Gasteiger partial charge is 0.367 e. The number of benzene rings is 1. The summed E-state index contributed by atoms with van der Waals surface area (Å²) in [4.78, 5) is 31.4. The predicted octanol–water partition coefficient (Wildman–Crippen LogP) is 2.42. The molecule has 2 amide bonds.